The third-order valence-corrected chi connectivity index (χ3v) is 4.92. The van der Waals surface area contributed by atoms with E-state index < -0.39 is 11.5 Å². The van der Waals surface area contributed by atoms with E-state index in [0.717, 1.165) is 5.56 Å². The SMILES string of the molecule is CC1Cc2cccc3c(O)c(C(=O)Nc4ccccc4Cl)c(=O)n1c23. The molecule has 0 saturated carbocycles. The maximum Gasteiger partial charge on any atom is 0.268 e. The topological polar surface area (TPSA) is 71.3 Å². The molecular formula is C19H15ClN2O3. The largest absolute Gasteiger partial charge is 0.506 e. The average Bonchev–Trinajstić information content (AvgIpc) is 2.92. The van der Waals surface area contributed by atoms with Crippen LogP contribution >= 0.6 is 11.6 Å². The van der Waals surface area contributed by atoms with E-state index in [-0.39, 0.29) is 17.4 Å². The van der Waals surface area contributed by atoms with Gasteiger partial charge in [-0.1, -0.05) is 35.9 Å². The van der Waals surface area contributed by atoms with Gasteiger partial charge in [-0.05, 0) is 37.1 Å². The summed E-state index contributed by atoms with van der Waals surface area (Å²) in [7, 11) is 0. The number of hydrogen-bond acceptors (Lipinski definition) is 3. The van der Waals surface area contributed by atoms with E-state index in [1.165, 1.54) is 0 Å². The summed E-state index contributed by atoms with van der Waals surface area (Å²) in [6, 6.07) is 12.1. The van der Waals surface area contributed by atoms with Crippen molar-refractivity contribution >= 4 is 34.1 Å². The molecule has 1 atom stereocenters. The number of rotatable bonds is 2. The number of nitrogens with one attached hydrogen (secondary N) is 1. The van der Waals surface area contributed by atoms with Crippen molar-refractivity contribution in [1.82, 2.24) is 4.57 Å². The number of anilines is 1. The third kappa shape index (κ3) is 2.31. The second kappa shape index (κ2) is 5.63. The van der Waals surface area contributed by atoms with Gasteiger partial charge in [-0.3, -0.25) is 9.59 Å². The van der Waals surface area contributed by atoms with Gasteiger partial charge in [0.1, 0.15) is 11.3 Å². The summed E-state index contributed by atoms with van der Waals surface area (Å²) < 4.78 is 1.59. The predicted molar refractivity (Wildman–Crippen MR) is 97.7 cm³/mol. The highest BCUT2D eigenvalue weighted by atomic mass is 35.5. The van der Waals surface area contributed by atoms with Crippen molar-refractivity contribution in [3.63, 3.8) is 0 Å². The summed E-state index contributed by atoms with van der Waals surface area (Å²) in [6.45, 7) is 1.92. The molecule has 25 heavy (non-hydrogen) atoms. The van der Waals surface area contributed by atoms with Gasteiger partial charge in [0.2, 0.25) is 0 Å². The number of halogens is 1. The van der Waals surface area contributed by atoms with Crippen LogP contribution in [0.1, 0.15) is 28.9 Å². The van der Waals surface area contributed by atoms with Crippen molar-refractivity contribution in [2.24, 2.45) is 0 Å². The van der Waals surface area contributed by atoms with E-state index >= 15 is 0 Å². The molecule has 6 heteroatoms. The number of pyridine rings is 1. The lowest BCUT2D eigenvalue weighted by Crippen LogP contribution is -2.30. The lowest BCUT2D eigenvalue weighted by atomic mass is 10.1. The van der Waals surface area contributed by atoms with Crippen molar-refractivity contribution in [3.05, 3.63) is 69.0 Å². The van der Waals surface area contributed by atoms with Crippen molar-refractivity contribution in [2.45, 2.75) is 19.4 Å². The van der Waals surface area contributed by atoms with E-state index in [9.17, 15) is 14.7 Å². The number of amides is 1. The monoisotopic (exact) mass is 354 g/mol. The van der Waals surface area contributed by atoms with Gasteiger partial charge in [0.15, 0.2) is 0 Å². The minimum atomic E-state index is -0.675. The van der Waals surface area contributed by atoms with E-state index in [0.29, 0.717) is 28.0 Å². The molecule has 126 valence electrons. The minimum Gasteiger partial charge on any atom is -0.506 e. The quantitative estimate of drug-likeness (QED) is 0.736. The van der Waals surface area contributed by atoms with Gasteiger partial charge < -0.3 is 15.0 Å². The second-order valence-corrected chi connectivity index (χ2v) is 6.61. The molecule has 2 heterocycles. The Kier molecular flexibility index (Phi) is 3.54. The number of carbonyl (C=O) groups is 1. The first-order valence-electron chi connectivity index (χ1n) is 7.94. The van der Waals surface area contributed by atoms with Crippen LogP contribution in [0.2, 0.25) is 5.02 Å². The normalized spacial score (nSPS) is 15.5. The second-order valence-electron chi connectivity index (χ2n) is 6.20. The fourth-order valence-corrected chi connectivity index (χ4v) is 3.65. The highest BCUT2D eigenvalue weighted by Crippen LogP contribution is 2.36. The highest BCUT2D eigenvalue weighted by molar-refractivity contribution is 6.34. The van der Waals surface area contributed by atoms with E-state index in [1.54, 1.807) is 34.9 Å². The van der Waals surface area contributed by atoms with Crippen LogP contribution in [0.25, 0.3) is 10.9 Å². The number of aromatic hydroxyl groups is 1. The average molecular weight is 355 g/mol. The van der Waals surface area contributed by atoms with Gasteiger partial charge in [-0.15, -0.1) is 0 Å². The smallest absolute Gasteiger partial charge is 0.268 e. The third-order valence-electron chi connectivity index (χ3n) is 4.59. The zero-order valence-corrected chi connectivity index (χ0v) is 14.2. The molecule has 0 fully saturated rings. The maximum absolute atomic E-state index is 12.9. The predicted octanol–water partition coefficient (Wildman–Crippen LogP) is 3.73. The molecule has 1 unspecified atom stereocenters. The van der Waals surface area contributed by atoms with Gasteiger partial charge in [-0.2, -0.15) is 0 Å². The van der Waals surface area contributed by atoms with Crippen molar-refractivity contribution in [1.29, 1.82) is 0 Å². The van der Waals surface area contributed by atoms with Crippen LogP contribution in [0, 0.1) is 0 Å². The van der Waals surface area contributed by atoms with Gasteiger partial charge in [0, 0.05) is 11.4 Å². The lowest BCUT2D eigenvalue weighted by molar-refractivity contribution is 0.102. The zero-order chi connectivity index (χ0) is 17.7. The summed E-state index contributed by atoms with van der Waals surface area (Å²) in [5.41, 5.74) is 1.32. The lowest BCUT2D eigenvalue weighted by Gasteiger charge is -2.14. The van der Waals surface area contributed by atoms with Gasteiger partial charge >= 0.3 is 0 Å². The molecule has 0 spiro atoms. The number of nitrogens with zero attached hydrogens (tertiary/aromatic N) is 1. The van der Waals surface area contributed by atoms with Crippen molar-refractivity contribution < 1.29 is 9.90 Å². The Hall–Kier alpha value is -2.79. The molecule has 1 aliphatic rings. The molecule has 5 nitrogen and oxygen atoms in total. The minimum absolute atomic E-state index is 0.0696. The molecule has 4 rings (SSSR count). The van der Waals surface area contributed by atoms with Crippen LogP contribution in [-0.4, -0.2) is 15.6 Å². The molecule has 0 bridgehead atoms. The number of benzene rings is 2. The van der Waals surface area contributed by atoms with Crippen LogP contribution in [0.3, 0.4) is 0 Å². The Labute approximate surface area is 148 Å². The fraction of sp³-hybridized carbons (Fsp3) is 0.158. The fourth-order valence-electron chi connectivity index (χ4n) is 3.47. The molecule has 0 saturated heterocycles. The summed E-state index contributed by atoms with van der Waals surface area (Å²) in [5.74, 6) is -0.970. The number of aromatic nitrogens is 1. The Morgan fingerprint density at radius 2 is 2.00 bits per heavy atom. The summed E-state index contributed by atoms with van der Waals surface area (Å²) in [5, 5.41) is 14.1. The first-order chi connectivity index (χ1) is 12.0. The zero-order valence-electron chi connectivity index (χ0n) is 13.4. The van der Waals surface area contributed by atoms with Gasteiger partial charge in [0.25, 0.3) is 11.5 Å². The standard InChI is InChI=1S/C19H15ClN2O3/c1-10-9-11-5-4-6-12-16(11)22(10)19(25)15(17(12)23)18(24)21-14-8-3-2-7-13(14)20/h2-8,10,23H,9H2,1H3,(H,21,24). The van der Waals surface area contributed by atoms with Crippen LogP contribution in [0.15, 0.2) is 47.3 Å². The Bertz CT molecular complexity index is 1090. The molecule has 1 aliphatic heterocycles. The van der Waals surface area contributed by atoms with Crippen molar-refractivity contribution in [3.8, 4) is 5.75 Å². The van der Waals surface area contributed by atoms with Crippen LogP contribution in [-0.2, 0) is 6.42 Å². The number of para-hydroxylation sites is 2. The molecular weight excluding hydrogens is 340 g/mol. The maximum atomic E-state index is 12.9. The highest BCUT2D eigenvalue weighted by Gasteiger charge is 2.29. The summed E-state index contributed by atoms with van der Waals surface area (Å²) in [6.07, 6.45) is 0.696. The van der Waals surface area contributed by atoms with Gasteiger partial charge in [0.05, 0.1) is 16.2 Å². The molecule has 1 amide bonds. The van der Waals surface area contributed by atoms with Crippen LogP contribution < -0.4 is 10.9 Å². The molecule has 3 aromatic rings. The van der Waals surface area contributed by atoms with Gasteiger partial charge in [-0.25, -0.2) is 0 Å². The van der Waals surface area contributed by atoms with Crippen LogP contribution in [0.5, 0.6) is 5.75 Å². The van der Waals surface area contributed by atoms with Crippen molar-refractivity contribution in [2.75, 3.05) is 5.32 Å². The first-order valence-corrected chi connectivity index (χ1v) is 8.31. The molecule has 0 aliphatic carbocycles. The van der Waals surface area contributed by atoms with Crippen LogP contribution in [0.4, 0.5) is 5.69 Å². The molecule has 0 radical (unpaired) electrons. The summed E-state index contributed by atoms with van der Waals surface area (Å²) in [4.78, 5) is 25.6. The molecule has 1 aromatic heterocycles. The Morgan fingerprint density at radius 1 is 1.24 bits per heavy atom. The number of carbonyl (C=O) groups excluding carboxylic acids is 1. The van der Waals surface area contributed by atoms with E-state index in [1.807, 2.05) is 19.1 Å². The van der Waals surface area contributed by atoms with E-state index in [2.05, 4.69) is 5.32 Å². The van der Waals surface area contributed by atoms with E-state index in [4.69, 9.17) is 11.6 Å². The Morgan fingerprint density at radius 3 is 2.76 bits per heavy atom. The summed E-state index contributed by atoms with van der Waals surface area (Å²) >= 11 is 6.06. The molecule has 2 N–H and O–H groups in total. The number of hydrogen-bond donors (Lipinski definition) is 2. The first kappa shape index (κ1) is 15.7. The molecule has 2 aromatic carbocycles. The Balaban J connectivity index is 1.91.